The highest BCUT2D eigenvalue weighted by atomic mass is 16.5. The largest absolute Gasteiger partial charge is 0.489 e. The number of nitrogens with one attached hydrogen (secondary N) is 1. The topological polar surface area (TPSA) is 30.5 Å². The van der Waals surface area contributed by atoms with Gasteiger partial charge in [0.05, 0.1) is 6.61 Å². The number of hydrogen-bond donors (Lipinski definition) is 1. The average Bonchev–Trinajstić information content (AvgIpc) is 3.01. The Morgan fingerprint density at radius 1 is 1.29 bits per heavy atom. The predicted octanol–water partition coefficient (Wildman–Crippen LogP) is 1.93. The lowest BCUT2D eigenvalue weighted by Crippen LogP contribution is -2.19. The molecule has 3 rings (SSSR count). The Morgan fingerprint density at radius 3 is 3.06 bits per heavy atom. The molecule has 0 aromatic heterocycles. The van der Waals surface area contributed by atoms with E-state index in [-0.39, 0.29) is 0 Å². The molecule has 0 saturated carbocycles. The molecule has 3 heteroatoms. The fraction of sp³-hybridized carbons (Fsp3) is 0.571. The van der Waals surface area contributed by atoms with Gasteiger partial charge in [0, 0.05) is 19.1 Å². The molecule has 3 nitrogen and oxygen atoms in total. The van der Waals surface area contributed by atoms with E-state index in [1.54, 1.807) is 0 Å². The first-order valence-corrected chi connectivity index (χ1v) is 6.47. The Hall–Kier alpha value is -1.06. The molecule has 92 valence electrons. The van der Waals surface area contributed by atoms with Crippen molar-refractivity contribution >= 4 is 0 Å². The fourth-order valence-corrected chi connectivity index (χ4v) is 2.56. The van der Waals surface area contributed by atoms with Gasteiger partial charge in [0.2, 0.25) is 0 Å². The fourth-order valence-electron chi connectivity index (χ4n) is 2.56. The summed E-state index contributed by atoms with van der Waals surface area (Å²) in [6.45, 7) is 3.79. The SMILES string of the molecule is c1cc(OC2CCNC2)cc(C2CCOC2)c1. The monoisotopic (exact) mass is 233 g/mol. The number of benzene rings is 1. The van der Waals surface area contributed by atoms with Crippen molar-refractivity contribution in [3.8, 4) is 5.75 Å². The minimum absolute atomic E-state index is 0.338. The summed E-state index contributed by atoms with van der Waals surface area (Å²) in [5.74, 6) is 1.56. The van der Waals surface area contributed by atoms with Gasteiger partial charge >= 0.3 is 0 Å². The summed E-state index contributed by atoms with van der Waals surface area (Å²) in [6, 6.07) is 8.50. The van der Waals surface area contributed by atoms with E-state index < -0.39 is 0 Å². The molecule has 2 atom stereocenters. The van der Waals surface area contributed by atoms with Crippen molar-refractivity contribution in [1.82, 2.24) is 5.32 Å². The Morgan fingerprint density at radius 2 is 2.29 bits per heavy atom. The summed E-state index contributed by atoms with van der Waals surface area (Å²) < 4.78 is 11.4. The van der Waals surface area contributed by atoms with Crippen LogP contribution in [0, 0.1) is 0 Å². The van der Waals surface area contributed by atoms with Crippen LogP contribution in [-0.4, -0.2) is 32.4 Å². The second-order valence-electron chi connectivity index (χ2n) is 4.87. The van der Waals surface area contributed by atoms with Crippen LogP contribution in [0.2, 0.25) is 0 Å². The zero-order chi connectivity index (χ0) is 11.5. The Balaban J connectivity index is 1.69. The number of ether oxygens (including phenoxy) is 2. The molecule has 1 aromatic carbocycles. The van der Waals surface area contributed by atoms with Crippen molar-refractivity contribution in [2.75, 3.05) is 26.3 Å². The Labute approximate surface area is 102 Å². The maximum absolute atomic E-state index is 5.97. The second-order valence-corrected chi connectivity index (χ2v) is 4.87. The van der Waals surface area contributed by atoms with E-state index in [0.29, 0.717) is 12.0 Å². The molecular weight excluding hydrogens is 214 g/mol. The van der Waals surface area contributed by atoms with Gasteiger partial charge in [0.25, 0.3) is 0 Å². The van der Waals surface area contributed by atoms with Gasteiger partial charge in [-0.3, -0.25) is 0 Å². The van der Waals surface area contributed by atoms with E-state index in [1.807, 2.05) is 0 Å². The number of rotatable bonds is 3. The van der Waals surface area contributed by atoms with Gasteiger partial charge in [-0.1, -0.05) is 12.1 Å². The Bertz CT molecular complexity index is 368. The highest BCUT2D eigenvalue weighted by molar-refractivity contribution is 5.31. The summed E-state index contributed by atoms with van der Waals surface area (Å²) >= 11 is 0. The van der Waals surface area contributed by atoms with Crippen LogP contribution in [0.15, 0.2) is 24.3 Å². The summed E-state index contributed by atoms with van der Waals surface area (Å²) in [7, 11) is 0. The van der Waals surface area contributed by atoms with E-state index in [1.165, 1.54) is 5.56 Å². The van der Waals surface area contributed by atoms with Gasteiger partial charge in [-0.25, -0.2) is 0 Å². The highest BCUT2D eigenvalue weighted by Crippen LogP contribution is 2.28. The maximum atomic E-state index is 5.97. The van der Waals surface area contributed by atoms with Crippen LogP contribution in [0.4, 0.5) is 0 Å². The molecule has 17 heavy (non-hydrogen) atoms. The lowest BCUT2D eigenvalue weighted by molar-refractivity contribution is 0.193. The van der Waals surface area contributed by atoms with Gasteiger partial charge in [0.1, 0.15) is 11.9 Å². The average molecular weight is 233 g/mol. The maximum Gasteiger partial charge on any atom is 0.120 e. The lowest BCUT2D eigenvalue weighted by Gasteiger charge is -2.15. The van der Waals surface area contributed by atoms with Crippen LogP contribution in [0.1, 0.15) is 24.3 Å². The van der Waals surface area contributed by atoms with Crippen molar-refractivity contribution in [3.63, 3.8) is 0 Å². The summed E-state index contributed by atoms with van der Waals surface area (Å²) in [5, 5.41) is 3.32. The predicted molar refractivity (Wildman–Crippen MR) is 66.5 cm³/mol. The van der Waals surface area contributed by atoms with E-state index in [0.717, 1.165) is 44.9 Å². The number of hydrogen-bond acceptors (Lipinski definition) is 3. The molecule has 0 amide bonds. The normalized spacial score (nSPS) is 28.5. The van der Waals surface area contributed by atoms with Crippen molar-refractivity contribution in [3.05, 3.63) is 29.8 Å². The first-order valence-electron chi connectivity index (χ1n) is 6.47. The van der Waals surface area contributed by atoms with Crippen LogP contribution in [0.5, 0.6) is 5.75 Å². The van der Waals surface area contributed by atoms with Gasteiger partial charge in [-0.05, 0) is 37.1 Å². The molecule has 1 N–H and O–H groups in total. The van der Waals surface area contributed by atoms with Crippen LogP contribution < -0.4 is 10.1 Å². The van der Waals surface area contributed by atoms with Crippen molar-refractivity contribution < 1.29 is 9.47 Å². The quantitative estimate of drug-likeness (QED) is 0.865. The minimum Gasteiger partial charge on any atom is -0.489 e. The molecular formula is C14H19NO2. The van der Waals surface area contributed by atoms with Crippen molar-refractivity contribution in [1.29, 1.82) is 0 Å². The molecule has 0 spiro atoms. The zero-order valence-corrected chi connectivity index (χ0v) is 10.0. The third-order valence-corrected chi connectivity index (χ3v) is 3.58. The van der Waals surface area contributed by atoms with Crippen molar-refractivity contribution in [2.24, 2.45) is 0 Å². The summed E-state index contributed by atoms with van der Waals surface area (Å²) in [5.41, 5.74) is 1.35. The zero-order valence-electron chi connectivity index (χ0n) is 10.0. The molecule has 1 aromatic rings. The van der Waals surface area contributed by atoms with Crippen LogP contribution in [-0.2, 0) is 4.74 Å². The smallest absolute Gasteiger partial charge is 0.120 e. The van der Waals surface area contributed by atoms with E-state index in [4.69, 9.17) is 9.47 Å². The van der Waals surface area contributed by atoms with Crippen LogP contribution in [0.3, 0.4) is 0 Å². The second kappa shape index (κ2) is 5.07. The molecule has 0 radical (unpaired) electrons. The molecule has 2 heterocycles. The van der Waals surface area contributed by atoms with E-state index >= 15 is 0 Å². The highest BCUT2D eigenvalue weighted by Gasteiger charge is 2.19. The van der Waals surface area contributed by atoms with Gasteiger partial charge in [-0.15, -0.1) is 0 Å². The molecule has 2 aliphatic heterocycles. The van der Waals surface area contributed by atoms with Gasteiger partial charge in [-0.2, -0.15) is 0 Å². The third kappa shape index (κ3) is 2.61. The van der Waals surface area contributed by atoms with E-state index in [9.17, 15) is 0 Å². The molecule has 0 aliphatic carbocycles. The lowest BCUT2D eigenvalue weighted by atomic mass is 9.98. The van der Waals surface area contributed by atoms with Crippen LogP contribution >= 0.6 is 0 Å². The molecule has 2 aliphatic rings. The van der Waals surface area contributed by atoms with Crippen molar-refractivity contribution in [2.45, 2.75) is 24.9 Å². The first-order chi connectivity index (χ1) is 8.42. The molecule has 2 saturated heterocycles. The van der Waals surface area contributed by atoms with Crippen LogP contribution in [0.25, 0.3) is 0 Å². The summed E-state index contributed by atoms with van der Waals surface area (Å²) in [4.78, 5) is 0. The molecule has 2 unspecified atom stereocenters. The molecule has 2 fully saturated rings. The van der Waals surface area contributed by atoms with E-state index in [2.05, 4.69) is 29.6 Å². The van der Waals surface area contributed by atoms with Gasteiger partial charge < -0.3 is 14.8 Å². The Kier molecular flexibility index (Phi) is 3.29. The third-order valence-electron chi connectivity index (χ3n) is 3.58. The standard InChI is InChI=1S/C14H19NO2/c1-2-11(12-5-7-16-10-12)8-13(3-1)17-14-4-6-15-9-14/h1-3,8,12,14-15H,4-7,9-10H2. The van der Waals surface area contributed by atoms with Gasteiger partial charge in [0.15, 0.2) is 0 Å². The minimum atomic E-state index is 0.338. The molecule has 0 bridgehead atoms. The first kappa shape index (κ1) is 11.1. The summed E-state index contributed by atoms with van der Waals surface area (Å²) in [6.07, 6.45) is 2.58.